The number of hydrogen-bond acceptors (Lipinski definition) is 5. The molecular weight excluding hydrogens is 446 g/mol. The maximum atomic E-state index is 6.10. The fourth-order valence-electron chi connectivity index (χ4n) is 3.51. The lowest BCUT2D eigenvalue weighted by Gasteiger charge is -2.17. The van der Waals surface area contributed by atoms with Gasteiger partial charge in [-0.3, -0.25) is 0 Å². The van der Waals surface area contributed by atoms with E-state index in [1.54, 1.807) is 0 Å². The van der Waals surface area contributed by atoms with Gasteiger partial charge in [-0.15, -0.1) is 0 Å². The van der Waals surface area contributed by atoms with Gasteiger partial charge in [-0.1, -0.05) is 53.1 Å². The van der Waals surface area contributed by atoms with E-state index < -0.39 is 16.1 Å². The largest absolute Gasteiger partial charge is 0.467 e. The molecule has 0 aliphatic rings. The van der Waals surface area contributed by atoms with Crippen molar-refractivity contribution < 1.29 is 14.2 Å². The minimum absolute atomic E-state index is 0.220. The molecule has 2 N–H and O–H groups in total. The van der Waals surface area contributed by atoms with Crippen LogP contribution < -0.4 is 10.5 Å². The summed E-state index contributed by atoms with van der Waals surface area (Å²) in [5.74, 6) is 0.742. The molecule has 186 valence electrons. The Morgan fingerprint density at radius 2 is 1.55 bits per heavy atom. The molecule has 1 aromatic carbocycles. The van der Waals surface area contributed by atoms with Gasteiger partial charge in [0.2, 0.25) is 0 Å². The summed E-state index contributed by atoms with van der Waals surface area (Å²) in [6.45, 7) is 20.6. The van der Waals surface area contributed by atoms with Gasteiger partial charge in [0, 0.05) is 57.9 Å². The van der Waals surface area contributed by atoms with Crippen molar-refractivity contribution in [2.75, 3.05) is 25.7 Å². The smallest absolute Gasteiger partial charge is 0.189 e. The van der Waals surface area contributed by atoms with Gasteiger partial charge in [-0.05, 0) is 37.1 Å². The molecule has 8 heteroatoms. The van der Waals surface area contributed by atoms with E-state index >= 15 is 0 Å². The Bertz CT molecular complexity index is 886. The van der Waals surface area contributed by atoms with Gasteiger partial charge in [0.15, 0.2) is 6.79 Å². The van der Waals surface area contributed by atoms with Crippen molar-refractivity contribution in [2.24, 2.45) is 0 Å². The van der Waals surface area contributed by atoms with Gasteiger partial charge in [0.1, 0.15) is 12.5 Å². The second-order valence-electron chi connectivity index (χ2n) is 11.1. The monoisotopic (exact) mass is 491 g/mol. The first kappa shape index (κ1) is 27.6. The summed E-state index contributed by atoms with van der Waals surface area (Å²) < 4.78 is 19.9. The molecule has 0 bridgehead atoms. The molecule has 0 saturated carbocycles. The molecule has 6 nitrogen and oxygen atoms in total. The number of hydrogen-bond donors (Lipinski definition) is 1. The zero-order valence-corrected chi connectivity index (χ0v) is 24.1. The lowest BCUT2D eigenvalue weighted by molar-refractivity contribution is 0.0224. The highest BCUT2D eigenvalue weighted by Gasteiger charge is 2.21. The summed E-state index contributed by atoms with van der Waals surface area (Å²) in [5.41, 5.74) is 11.1. The minimum atomic E-state index is -1.13. The molecule has 1 heterocycles. The number of nitrogens with two attached hydrogens (primary N) is 1. The quantitative estimate of drug-likeness (QED) is 0.146. The number of ether oxygens (including phenoxy) is 3. The van der Waals surface area contributed by atoms with E-state index in [0.29, 0.717) is 12.4 Å². The Morgan fingerprint density at radius 1 is 0.909 bits per heavy atom. The van der Waals surface area contributed by atoms with E-state index in [2.05, 4.69) is 53.1 Å². The van der Waals surface area contributed by atoms with Crippen LogP contribution in [0.25, 0.3) is 11.1 Å². The lowest BCUT2D eigenvalue weighted by atomic mass is 9.99. The number of rotatable bonds is 14. The third-order valence-electron chi connectivity index (χ3n) is 5.58. The summed E-state index contributed by atoms with van der Waals surface area (Å²) in [6, 6.07) is 8.12. The van der Waals surface area contributed by atoms with E-state index in [4.69, 9.17) is 25.0 Å². The number of anilines is 1. The van der Waals surface area contributed by atoms with Crippen LogP contribution in [0.2, 0.25) is 51.4 Å². The van der Waals surface area contributed by atoms with Crippen molar-refractivity contribution in [2.45, 2.75) is 84.8 Å². The normalized spacial score (nSPS) is 12.4. The highest BCUT2D eigenvalue weighted by Crippen LogP contribution is 2.37. The topological polar surface area (TPSA) is 71.5 Å². The van der Waals surface area contributed by atoms with Gasteiger partial charge in [0.25, 0.3) is 0 Å². The Hall–Kier alpha value is -1.62. The maximum Gasteiger partial charge on any atom is 0.189 e. The van der Waals surface area contributed by atoms with Crippen LogP contribution in [-0.4, -0.2) is 45.9 Å². The molecule has 0 amide bonds. The van der Waals surface area contributed by atoms with Crippen molar-refractivity contribution >= 4 is 21.8 Å². The molecular formula is C25H45N3O3Si2. The molecule has 33 heavy (non-hydrogen) atoms. The van der Waals surface area contributed by atoms with Crippen molar-refractivity contribution in [3.05, 3.63) is 29.6 Å². The third-order valence-corrected chi connectivity index (χ3v) is 8.99. The molecule has 0 aliphatic heterocycles. The van der Waals surface area contributed by atoms with E-state index in [-0.39, 0.29) is 6.79 Å². The molecule has 0 aliphatic carbocycles. The van der Waals surface area contributed by atoms with Crippen molar-refractivity contribution in [3.63, 3.8) is 0 Å². The summed E-state index contributed by atoms with van der Waals surface area (Å²) in [6.07, 6.45) is 1.69. The first-order chi connectivity index (χ1) is 15.4. The van der Waals surface area contributed by atoms with Crippen molar-refractivity contribution in [1.29, 1.82) is 0 Å². The predicted octanol–water partition coefficient (Wildman–Crippen LogP) is 6.26. The standard InChI is InChI=1S/C25H45N3O3Si2/c1-9-22-25(23(10-2)28(27-22)18-29-13-15-32(3,4)5)21-12-11-20(26)17-24(21)31-19-30-14-16-33(6,7)8/h11-12,17H,9-10,13-16,18-19,26H2,1-8H3. The van der Waals surface area contributed by atoms with Crippen molar-refractivity contribution in [3.8, 4) is 16.9 Å². The van der Waals surface area contributed by atoms with Crippen molar-refractivity contribution in [1.82, 2.24) is 9.78 Å². The van der Waals surface area contributed by atoms with E-state index in [1.807, 2.05) is 22.9 Å². The number of benzene rings is 1. The number of aryl methyl sites for hydroxylation is 1. The van der Waals surface area contributed by atoms with Gasteiger partial charge >= 0.3 is 0 Å². The Kier molecular flexibility index (Phi) is 10.2. The Morgan fingerprint density at radius 3 is 2.12 bits per heavy atom. The average Bonchev–Trinajstić information content (AvgIpc) is 3.07. The van der Waals surface area contributed by atoms with Gasteiger partial charge in [0.05, 0.1) is 5.69 Å². The fourth-order valence-corrected chi connectivity index (χ4v) is 5.03. The van der Waals surface area contributed by atoms with Crippen LogP contribution in [0.4, 0.5) is 5.69 Å². The molecule has 2 aromatic rings. The summed E-state index contributed by atoms with van der Waals surface area (Å²) >= 11 is 0. The molecule has 0 fully saturated rings. The molecule has 1 aromatic heterocycles. The number of nitrogens with zero attached hydrogens (tertiary/aromatic N) is 2. The molecule has 0 saturated heterocycles. The molecule has 0 radical (unpaired) electrons. The Labute approximate surface area is 202 Å². The van der Waals surface area contributed by atoms with Crippen LogP contribution in [0.3, 0.4) is 0 Å². The van der Waals surface area contributed by atoms with Crippen LogP contribution in [-0.2, 0) is 29.0 Å². The minimum Gasteiger partial charge on any atom is -0.467 e. The molecule has 0 atom stereocenters. The third kappa shape index (κ3) is 8.92. The first-order valence-electron chi connectivity index (χ1n) is 12.2. The predicted molar refractivity (Wildman–Crippen MR) is 145 cm³/mol. The average molecular weight is 492 g/mol. The Balaban J connectivity index is 2.23. The lowest BCUT2D eigenvalue weighted by Crippen LogP contribution is -2.22. The van der Waals surface area contributed by atoms with Crippen LogP contribution in [0.1, 0.15) is 25.2 Å². The van der Waals surface area contributed by atoms with E-state index in [0.717, 1.165) is 66.4 Å². The van der Waals surface area contributed by atoms with Gasteiger partial charge in [-0.2, -0.15) is 5.10 Å². The van der Waals surface area contributed by atoms with Crippen LogP contribution in [0, 0.1) is 0 Å². The van der Waals surface area contributed by atoms with Crippen LogP contribution in [0.15, 0.2) is 18.2 Å². The SMILES string of the molecule is CCc1nn(COCC[Si](C)(C)C)c(CC)c1-c1ccc(N)cc1OCOCC[Si](C)(C)C. The summed E-state index contributed by atoms with van der Waals surface area (Å²) in [7, 11) is -2.24. The number of aromatic nitrogens is 2. The molecule has 0 spiro atoms. The van der Waals surface area contributed by atoms with Gasteiger partial charge < -0.3 is 19.9 Å². The zero-order chi connectivity index (χ0) is 24.6. The maximum absolute atomic E-state index is 6.10. The van der Waals surface area contributed by atoms with Crippen LogP contribution >= 0.6 is 0 Å². The highest BCUT2D eigenvalue weighted by molar-refractivity contribution is 6.76. The molecule has 2 rings (SSSR count). The summed E-state index contributed by atoms with van der Waals surface area (Å²) in [4.78, 5) is 0. The van der Waals surface area contributed by atoms with E-state index in [1.165, 1.54) is 0 Å². The summed E-state index contributed by atoms with van der Waals surface area (Å²) in [5, 5.41) is 4.90. The van der Waals surface area contributed by atoms with Crippen LogP contribution in [0.5, 0.6) is 5.75 Å². The van der Waals surface area contributed by atoms with Gasteiger partial charge in [-0.25, -0.2) is 4.68 Å². The second kappa shape index (κ2) is 12.2. The second-order valence-corrected chi connectivity index (χ2v) is 22.3. The first-order valence-corrected chi connectivity index (χ1v) is 19.6. The number of nitrogen functional groups attached to an aromatic ring is 1. The molecule has 0 unspecified atom stereocenters. The van der Waals surface area contributed by atoms with E-state index in [9.17, 15) is 0 Å². The highest BCUT2D eigenvalue weighted by atomic mass is 28.3. The fraction of sp³-hybridized carbons (Fsp3) is 0.640. The zero-order valence-electron chi connectivity index (χ0n) is 22.1.